The highest BCUT2D eigenvalue weighted by molar-refractivity contribution is 7.80. The van der Waals surface area contributed by atoms with Crippen molar-refractivity contribution in [2.75, 3.05) is 11.9 Å². The standard InChI is InChI=1S/C19H19ClN4S/c1-13-17(15-7-9-16(20)10-8-15)18(24-23-13)22-19(25)21-12-11-14-5-3-2-4-6-14/h2-10H,11-12H2,1H3,(H3,21,22,23,24,25). The van der Waals surface area contributed by atoms with Gasteiger partial charge in [-0.25, -0.2) is 0 Å². The summed E-state index contributed by atoms with van der Waals surface area (Å²) in [5.41, 5.74) is 4.27. The van der Waals surface area contributed by atoms with Gasteiger partial charge in [-0.2, -0.15) is 5.10 Å². The number of H-pyrrole nitrogens is 1. The summed E-state index contributed by atoms with van der Waals surface area (Å²) in [7, 11) is 0. The van der Waals surface area contributed by atoms with E-state index in [1.54, 1.807) is 0 Å². The molecule has 0 fully saturated rings. The molecule has 0 aliphatic rings. The number of rotatable bonds is 5. The van der Waals surface area contributed by atoms with Gasteiger partial charge in [0, 0.05) is 22.8 Å². The Labute approximate surface area is 157 Å². The minimum Gasteiger partial charge on any atom is -0.362 e. The molecule has 25 heavy (non-hydrogen) atoms. The molecule has 0 amide bonds. The molecule has 1 aromatic heterocycles. The van der Waals surface area contributed by atoms with E-state index >= 15 is 0 Å². The van der Waals surface area contributed by atoms with Crippen molar-refractivity contribution in [2.45, 2.75) is 13.3 Å². The first kappa shape index (κ1) is 17.5. The van der Waals surface area contributed by atoms with Crippen molar-refractivity contribution in [1.29, 1.82) is 0 Å². The van der Waals surface area contributed by atoms with Crippen LogP contribution in [-0.4, -0.2) is 21.9 Å². The molecule has 128 valence electrons. The molecule has 0 saturated carbocycles. The van der Waals surface area contributed by atoms with Crippen molar-refractivity contribution in [3.05, 3.63) is 70.9 Å². The normalized spacial score (nSPS) is 10.5. The molecule has 4 nitrogen and oxygen atoms in total. The Kier molecular flexibility index (Phi) is 5.68. The van der Waals surface area contributed by atoms with E-state index in [1.807, 2.05) is 49.4 Å². The second-order valence-corrected chi connectivity index (χ2v) is 6.54. The maximum atomic E-state index is 5.97. The zero-order chi connectivity index (χ0) is 17.6. The van der Waals surface area contributed by atoms with E-state index in [4.69, 9.17) is 23.8 Å². The third kappa shape index (κ3) is 4.59. The monoisotopic (exact) mass is 370 g/mol. The predicted octanol–water partition coefficient (Wildman–Crippen LogP) is 4.57. The van der Waals surface area contributed by atoms with Crippen LogP contribution >= 0.6 is 23.8 Å². The first-order valence-electron chi connectivity index (χ1n) is 8.03. The molecule has 6 heteroatoms. The van der Waals surface area contributed by atoms with E-state index in [0.717, 1.165) is 29.8 Å². The average Bonchev–Trinajstić information content (AvgIpc) is 2.97. The molecule has 0 atom stereocenters. The number of aromatic nitrogens is 2. The number of anilines is 1. The molecule has 2 aromatic carbocycles. The lowest BCUT2D eigenvalue weighted by Gasteiger charge is -2.11. The summed E-state index contributed by atoms with van der Waals surface area (Å²) in [6.45, 7) is 2.74. The van der Waals surface area contributed by atoms with Gasteiger partial charge in [-0.3, -0.25) is 5.10 Å². The van der Waals surface area contributed by atoms with Crippen LogP contribution in [-0.2, 0) is 6.42 Å². The lowest BCUT2D eigenvalue weighted by Crippen LogP contribution is -2.30. The number of hydrogen-bond donors (Lipinski definition) is 3. The van der Waals surface area contributed by atoms with Crippen LogP contribution in [0, 0.1) is 6.92 Å². The van der Waals surface area contributed by atoms with E-state index in [2.05, 4.69) is 33.0 Å². The second-order valence-electron chi connectivity index (χ2n) is 5.70. The third-order valence-electron chi connectivity index (χ3n) is 3.85. The summed E-state index contributed by atoms with van der Waals surface area (Å²) < 4.78 is 0. The van der Waals surface area contributed by atoms with Crippen molar-refractivity contribution in [3.63, 3.8) is 0 Å². The zero-order valence-corrected chi connectivity index (χ0v) is 15.4. The smallest absolute Gasteiger partial charge is 0.172 e. The predicted molar refractivity (Wildman–Crippen MR) is 108 cm³/mol. The minimum atomic E-state index is 0.553. The fourth-order valence-electron chi connectivity index (χ4n) is 2.61. The number of benzene rings is 2. The second kappa shape index (κ2) is 8.14. The number of nitrogens with one attached hydrogen (secondary N) is 3. The van der Waals surface area contributed by atoms with Crippen molar-refractivity contribution < 1.29 is 0 Å². The van der Waals surface area contributed by atoms with Gasteiger partial charge in [0.05, 0.1) is 0 Å². The van der Waals surface area contributed by atoms with Crippen LogP contribution in [0.3, 0.4) is 0 Å². The fraction of sp³-hybridized carbons (Fsp3) is 0.158. The van der Waals surface area contributed by atoms with Crippen LogP contribution in [0.2, 0.25) is 5.02 Å². The maximum Gasteiger partial charge on any atom is 0.172 e. The van der Waals surface area contributed by atoms with Gasteiger partial charge in [-0.1, -0.05) is 54.1 Å². The van der Waals surface area contributed by atoms with Crippen LogP contribution in [0.5, 0.6) is 0 Å². The van der Waals surface area contributed by atoms with Gasteiger partial charge in [0.2, 0.25) is 0 Å². The number of aryl methyl sites for hydroxylation is 1. The molecule has 0 aliphatic carbocycles. The Bertz CT molecular complexity index is 844. The lowest BCUT2D eigenvalue weighted by molar-refractivity contribution is 0.872. The highest BCUT2D eigenvalue weighted by Gasteiger charge is 2.13. The molecule has 0 radical (unpaired) electrons. The van der Waals surface area contributed by atoms with E-state index in [0.29, 0.717) is 16.0 Å². The van der Waals surface area contributed by atoms with Gasteiger partial charge in [-0.15, -0.1) is 0 Å². The van der Waals surface area contributed by atoms with Crippen LogP contribution in [0.25, 0.3) is 11.1 Å². The highest BCUT2D eigenvalue weighted by atomic mass is 35.5. The summed E-state index contributed by atoms with van der Waals surface area (Å²) in [4.78, 5) is 0. The molecule has 0 bridgehead atoms. The molecular formula is C19H19ClN4S. The third-order valence-corrected chi connectivity index (χ3v) is 4.35. The summed E-state index contributed by atoms with van der Waals surface area (Å²) >= 11 is 11.4. The molecule has 0 spiro atoms. The van der Waals surface area contributed by atoms with Crippen LogP contribution < -0.4 is 10.6 Å². The zero-order valence-electron chi connectivity index (χ0n) is 13.8. The Morgan fingerprint density at radius 2 is 1.84 bits per heavy atom. The number of halogens is 1. The Morgan fingerprint density at radius 3 is 2.56 bits per heavy atom. The molecule has 3 rings (SSSR count). The largest absolute Gasteiger partial charge is 0.362 e. The Hall–Kier alpha value is -2.37. The molecule has 3 N–H and O–H groups in total. The van der Waals surface area contributed by atoms with Gasteiger partial charge < -0.3 is 10.6 Å². The number of nitrogens with zero attached hydrogens (tertiary/aromatic N) is 1. The first-order valence-corrected chi connectivity index (χ1v) is 8.82. The number of thiocarbonyl (C=S) groups is 1. The first-order chi connectivity index (χ1) is 12.1. The molecule has 0 unspecified atom stereocenters. The topological polar surface area (TPSA) is 52.7 Å². The van der Waals surface area contributed by atoms with Gasteiger partial charge in [0.25, 0.3) is 0 Å². The minimum absolute atomic E-state index is 0.553. The Balaban J connectivity index is 1.63. The number of aromatic amines is 1. The quantitative estimate of drug-likeness (QED) is 0.576. The van der Waals surface area contributed by atoms with E-state index in [1.165, 1.54) is 5.56 Å². The summed E-state index contributed by atoms with van der Waals surface area (Å²) in [5, 5.41) is 15.0. The molecule has 0 saturated heterocycles. The summed E-state index contributed by atoms with van der Waals surface area (Å²) in [5.74, 6) is 0.706. The van der Waals surface area contributed by atoms with Gasteiger partial charge in [0.15, 0.2) is 10.9 Å². The molecular weight excluding hydrogens is 352 g/mol. The highest BCUT2D eigenvalue weighted by Crippen LogP contribution is 2.30. The summed E-state index contributed by atoms with van der Waals surface area (Å²) in [6, 6.07) is 18.0. The average molecular weight is 371 g/mol. The van der Waals surface area contributed by atoms with E-state index in [-0.39, 0.29) is 0 Å². The van der Waals surface area contributed by atoms with Gasteiger partial charge in [0.1, 0.15) is 0 Å². The van der Waals surface area contributed by atoms with Crippen LogP contribution in [0.4, 0.5) is 5.82 Å². The van der Waals surface area contributed by atoms with Gasteiger partial charge in [-0.05, 0) is 48.8 Å². The van der Waals surface area contributed by atoms with Crippen molar-refractivity contribution in [2.24, 2.45) is 0 Å². The van der Waals surface area contributed by atoms with Crippen molar-refractivity contribution >= 4 is 34.7 Å². The molecule has 3 aromatic rings. The Morgan fingerprint density at radius 1 is 1.12 bits per heavy atom. The summed E-state index contributed by atoms with van der Waals surface area (Å²) in [6.07, 6.45) is 0.909. The van der Waals surface area contributed by atoms with E-state index in [9.17, 15) is 0 Å². The SMILES string of the molecule is Cc1[nH]nc(NC(=S)NCCc2ccccc2)c1-c1ccc(Cl)cc1. The van der Waals surface area contributed by atoms with Crippen molar-refractivity contribution in [1.82, 2.24) is 15.5 Å². The van der Waals surface area contributed by atoms with Crippen molar-refractivity contribution in [3.8, 4) is 11.1 Å². The number of hydrogen-bond acceptors (Lipinski definition) is 2. The van der Waals surface area contributed by atoms with Crippen LogP contribution in [0.15, 0.2) is 54.6 Å². The maximum absolute atomic E-state index is 5.97. The molecule has 0 aliphatic heterocycles. The molecule has 1 heterocycles. The fourth-order valence-corrected chi connectivity index (χ4v) is 2.93. The lowest BCUT2D eigenvalue weighted by atomic mass is 10.1. The van der Waals surface area contributed by atoms with Crippen LogP contribution in [0.1, 0.15) is 11.3 Å². The van der Waals surface area contributed by atoms with E-state index < -0.39 is 0 Å². The van der Waals surface area contributed by atoms with Gasteiger partial charge >= 0.3 is 0 Å².